The first-order valence-electron chi connectivity index (χ1n) is 7.61. The highest BCUT2D eigenvalue weighted by atomic mass is 19.4. The summed E-state index contributed by atoms with van der Waals surface area (Å²) in [5, 5.41) is 12.1. The number of hydrogen-bond donors (Lipinski definition) is 2. The van der Waals surface area contributed by atoms with Crippen LogP contribution in [0.1, 0.15) is 18.4 Å². The lowest BCUT2D eigenvalue weighted by Gasteiger charge is -2.29. The van der Waals surface area contributed by atoms with Crippen LogP contribution in [0.4, 0.5) is 30.2 Å². The molecule has 6 heteroatoms. The van der Waals surface area contributed by atoms with Crippen molar-refractivity contribution in [3.8, 4) is 0 Å². The number of hydrogen-bond acceptors (Lipinski definition) is 3. The zero-order valence-corrected chi connectivity index (χ0v) is 13.0. The molecule has 1 heterocycles. The number of halogens is 3. The lowest BCUT2D eigenvalue weighted by atomic mass is 9.93. The monoisotopic (exact) mass is 334 g/mol. The molecule has 1 aliphatic heterocycles. The van der Waals surface area contributed by atoms with Gasteiger partial charge in [0.1, 0.15) is 5.92 Å². The van der Waals surface area contributed by atoms with E-state index in [1.807, 2.05) is 42.2 Å². The second-order valence-corrected chi connectivity index (χ2v) is 5.55. The Hall–Kier alpha value is -2.63. The van der Waals surface area contributed by atoms with Gasteiger partial charge in [-0.25, -0.2) is 0 Å². The van der Waals surface area contributed by atoms with Crippen LogP contribution in [0.25, 0.3) is 0 Å². The lowest BCUT2D eigenvalue weighted by molar-refractivity contribution is -0.140. The third-order valence-electron chi connectivity index (χ3n) is 4.01. The van der Waals surface area contributed by atoms with E-state index in [9.17, 15) is 18.3 Å². The Balaban J connectivity index is 2.05. The van der Waals surface area contributed by atoms with Gasteiger partial charge in [0.05, 0.1) is 0 Å². The molecule has 2 aromatic rings. The molecule has 1 atom stereocenters. The number of nitrogens with one attached hydrogen (secondary N) is 1. The summed E-state index contributed by atoms with van der Waals surface area (Å²) in [4.78, 5) is 1.94. The van der Waals surface area contributed by atoms with Crippen molar-refractivity contribution in [2.75, 3.05) is 16.8 Å². The Morgan fingerprint density at radius 1 is 1.08 bits per heavy atom. The third kappa shape index (κ3) is 3.04. The van der Waals surface area contributed by atoms with Crippen molar-refractivity contribution in [3.63, 3.8) is 0 Å². The third-order valence-corrected chi connectivity index (χ3v) is 4.01. The van der Waals surface area contributed by atoms with Gasteiger partial charge in [0.25, 0.3) is 0 Å². The Labute approximate surface area is 138 Å². The minimum Gasteiger partial charge on any atom is -0.495 e. The van der Waals surface area contributed by atoms with Crippen LogP contribution in [-0.2, 0) is 0 Å². The number of nitrogens with zero attached hydrogens (tertiary/aromatic N) is 1. The van der Waals surface area contributed by atoms with Crippen molar-refractivity contribution in [2.24, 2.45) is 0 Å². The SMILES string of the molecule is CCN(c1ccccc1)c1ccc2c(c1)C(C(F)(F)F)C=C(O)N2. The molecule has 1 aliphatic rings. The van der Waals surface area contributed by atoms with Crippen LogP contribution in [0.5, 0.6) is 0 Å². The molecule has 0 saturated carbocycles. The maximum Gasteiger partial charge on any atom is 0.399 e. The van der Waals surface area contributed by atoms with Gasteiger partial charge >= 0.3 is 6.18 Å². The largest absolute Gasteiger partial charge is 0.495 e. The van der Waals surface area contributed by atoms with E-state index in [1.54, 1.807) is 12.1 Å². The first kappa shape index (κ1) is 16.2. The number of para-hydroxylation sites is 1. The van der Waals surface area contributed by atoms with E-state index in [4.69, 9.17) is 0 Å². The summed E-state index contributed by atoms with van der Waals surface area (Å²) >= 11 is 0. The summed E-state index contributed by atoms with van der Waals surface area (Å²) in [5.74, 6) is -2.31. The molecule has 1 unspecified atom stereocenters. The van der Waals surface area contributed by atoms with E-state index >= 15 is 0 Å². The number of benzene rings is 2. The molecule has 0 aliphatic carbocycles. The van der Waals surface area contributed by atoms with E-state index in [2.05, 4.69) is 5.32 Å². The number of anilines is 3. The van der Waals surface area contributed by atoms with Gasteiger partial charge in [-0.2, -0.15) is 13.2 Å². The zero-order valence-electron chi connectivity index (χ0n) is 13.0. The normalized spacial score (nSPS) is 16.8. The number of alkyl halides is 3. The van der Waals surface area contributed by atoms with E-state index in [0.717, 1.165) is 11.8 Å². The fraction of sp³-hybridized carbons (Fsp3) is 0.222. The van der Waals surface area contributed by atoms with Gasteiger partial charge in [-0.05, 0) is 48.9 Å². The van der Waals surface area contributed by atoms with E-state index in [-0.39, 0.29) is 11.3 Å². The summed E-state index contributed by atoms with van der Waals surface area (Å²) in [6, 6.07) is 14.3. The van der Waals surface area contributed by atoms with Crippen LogP contribution in [0, 0.1) is 0 Å². The Kier molecular flexibility index (Phi) is 4.13. The fourth-order valence-corrected chi connectivity index (χ4v) is 2.91. The van der Waals surface area contributed by atoms with Crippen molar-refractivity contribution in [1.29, 1.82) is 0 Å². The van der Waals surface area contributed by atoms with Gasteiger partial charge in [0, 0.05) is 23.6 Å². The van der Waals surface area contributed by atoms with Crippen molar-refractivity contribution >= 4 is 17.1 Å². The molecule has 24 heavy (non-hydrogen) atoms. The molecule has 0 spiro atoms. The smallest absolute Gasteiger partial charge is 0.399 e. The van der Waals surface area contributed by atoms with Crippen molar-refractivity contribution < 1.29 is 18.3 Å². The number of rotatable bonds is 3. The van der Waals surface area contributed by atoms with Crippen LogP contribution in [0.3, 0.4) is 0 Å². The standard InChI is InChI=1S/C18H17F3N2O/c1-2-23(12-6-4-3-5-7-12)13-8-9-16-14(10-13)15(18(19,20)21)11-17(24)22-16/h3-11,15,22,24H,2H2,1H3. The highest BCUT2D eigenvalue weighted by Crippen LogP contribution is 2.44. The Morgan fingerprint density at radius 2 is 1.79 bits per heavy atom. The quantitative estimate of drug-likeness (QED) is 0.798. The molecular formula is C18H17F3N2O. The molecule has 3 rings (SSSR count). The molecule has 0 aromatic heterocycles. The molecule has 0 amide bonds. The minimum atomic E-state index is -4.47. The van der Waals surface area contributed by atoms with Gasteiger partial charge < -0.3 is 15.3 Å². The van der Waals surface area contributed by atoms with E-state index < -0.39 is 18.0 Å². The second kappa shape index (κ2) is 6.11. The predicted octanol–water partition coefficient (Wildman–Crippen LogP) is 5.32. The molecule has 3 nitrogen and oxygen atoms in total. The maximum atomic E-state index is 13.3. The molecule has 0 fully saturated rings. The fourth-order valence-electron chi connectivity index (χ4n) is 2.91. The molecular weight excluding hydrogens is 317 g/mol. The Morgan fingerprint density at radius 3 is 2.42 bits per heavy atom. The number of aliphatic hydroxyl groups is 1. The molecule has 2 N–H and O–H groups in total. The average Bonchev–Trinajstić information content (AvgIpc) is 2.55. The van der Waals surface area contributed by atoms with Crippen LogP contribution in [0.15, 0.2) is 60.5 Å². The second-order valence-electron chi connectivity index (χ2n) is 5.55. The van der Waals surface area contributed by atoms with Gasteiger partial charge in [0.2, 0.25) is 0 Å². The highest BCUT2D eigenvalue weighted by Gasteiger charge is 2.42. The summed E-state index contributed by atoms with van der Waals surface area (Å²) in [5.41, 5.74) is 1.95. The molecule has 126 valence electrons. The number of fused-ring (bicyclic) bond motifs is 1. The van der Waals surface area contributed by atoms with Crippen molar-refractivity contribution in [3.05, 3.63) is 66.1 Å². The Bertz CT molecular complexity index is 757. The van der Waals surface area contributed by atoms with Crippen LogP contribution in [0.2, 0.25) is 0 Å². The van der Waals surface area contributed by atoms with Gasteiger partial charge in [-0.1, -0.05) is 18.2 Å². The average molecular weight is 334 g/mol. The van der Waals surface area contributed by atoms with Gasteiger partial charge in [0.15, 0.2) is 5.88 Å². The molecule has 2 aromatic carbocycles. The van der Waals surface area contributed by atoms with Crippen LogP contribution >= 0.6 is 0 Å². The minimum absolute atomic E-state index is 0.104. The molecule has 0 radical (unpaired) electrons. The first-order chi connectivity index (χ1) is 11.4. The topological polar surface area (TPSA) is 35.5 Å². The molecule has 0 bridgehead atoms. The summed E-state index contributed by atoms with van der Waals surface area (Å²) in [6.07, 6.45) is -3.67. The first-order valence-corrected chi connectivity index (χ1v) is 7.61. The van der Waals surface area contributed by atoms with Crippen LogP contribution < -0.4 is 10.2 Å². The predicted molar refractivity (Wildman–Crippen MR) is 88.7 cm³/mol. The number of aliphatic hydroxyl groups excluding tert-OH is 1. The maximum absolute atomic E-state index is 13.3. The zero-order chi connectivity index (χ0) is 17.3. The summed E-state index contributed by atoms with van der Waals surface area (Å²) in [6.45, 7) is 2.56. The van der Waals surface area contributed by atoms with E-state index in [1.165, 1.54) is 6.07 Å². The van der Waals surface area contributed by atoms with E-state index in [0.29, 0.717) is 12.2 Å². The highest BCUT2D eigenvalue weighted by molar-refractivity contribution is 5.70. The summed E-state index contributed by atoms with van der Waals surface area (Å²) in [7, 11) is 0. The summed E-state index contributed by atoms with van der Waals surface area (Å²) < 4.78 is 40.0. The van der Waals surface area contributed by atoms with Gasteiger partial charge in [-0.15, -0.1) is 0 Å². The van der Waals surface area contributed by atoms with Crippen LogP contribution in [-0.4, -0.2) is 17.8 Å². The lowest BCUT2D eigenvalue weighted by Crippen LogP contribution is -2.25. The van der Waals surface area contributed by atoms with Crippen molar-refractivity contribution in [2.45, 2.75) is 19.0 Å². The van der Waals surface area contributed by atoms with Gasteiger partial charge in [-0.3, -0.25) is 0 Å². The number of allylic oxidation sites excluding steroid dienone is 1. The molecule has 0 saturated heterocycles. The van der Waals surface area contributed by atoms with Crippen molar-refractivity contribution in [1.82, 2.24) is 0 Å².